The first-order valence-electron chi connectivity index (χ1n) is 5.57. The van der Waals surface area contributed by atoms with Crippen LogP contribution in [0.25, 0.3) is 0 Å². The highest BCUT2D eigenvalue weighted by Gasteiger charge is 2.22. The van der Waals surface area contributed by atoms with Crippen LogP contribution in [0, 0.1) is 12.8 Å². The van der Waals surface area contributed by atoms with Crippen LogP contribution in [-0.2, 0) is 10.0 Å². The molecule has 0 atom stereocenters. The van der Waals surface area contributed by atoms with Crippen molar-refractivity contribution in [1.29, 1.82) is 0 Å². The molecule has 96 valence electrons. The van der Waals surface area contributed by atoms with Crippen LogP contribution in [0.1, 0.15) is 18.7 Å². The summed E-state index contributed by atoms with van der Waals surface area (Å²) in [6.07, 6.45) is 1.83. The van der Waals surface area contributed by atoms with E-state index in [1.165, 1.54) is 0 Å². The maximum Gasteiger partial charge on any atom is 0.234 e. The van der Waals surface area contributed by atoms with Crippen molar-refractivity contribution in [3.05, 3.63) is 5.82 Å². The zero-order valence-electron chi connectivity index (χ0n) is 9.64. The van der Waals surface area contributed by atoms with E-state index in [0.29, 0.717) is 11.0 Å². The van der Waals surface area contributed by atoms with Crippen LogP contribution in [0.15, 0.2) is 0 Å². The molecular weight excluding hydrogens is 260 g/mol. The summed E-state index contributed by atoms with van der Waals surface area (Å²) in [7, 11) is -3.29. The lowest BCUT2D eigenvalue weighted by molar-refractivity contribution is 0.402. The lowest BCUT2D eigenvalue weighted by Crippen LogP contribution is -2.33. The van der Waals surface area contributed by atoms with Crippen LogP contribution in [-0.4, -0.2) is 36.6 Å². The number of aromatic nitrogens is 2. The van der Waals surface area contributed by atoms with E-state index in [0.717, 1.165) is 37.5 Å². The number of hydrogen-bond acceptors (Lipinski definition) is 6. The Morgan fingerprint density at radius 1 is 1.47 bits per heavy atom. The standard InChI is InChI=1S/C9H16N4O2S2/c1-7-11-9(16-12-7)13-17(14,15)6-8-2-4-10-5-3-8/h8,10H,2-6H2,1H3,(H,11,12,13). The SMILES string of the molecule is Cc1nsc(NS(=O)(=O)CC2CCNCC2)n1. The molecule has 0 aromatic carbocycles. The van der Waals surface area contributed by atoms with Gasteiger partial charge in [-0.2, -0.15) is 4.37 Å². The minimum absolute atomic E-state index is 0.174. The van der Waals surface area contributed by atoms with E-state index in [4.69, 9.17) is 0 Å². The summed E-state index contributed by atoms with van der Waals surface area (Å²) in [5, 5.41) is 3.58. The van der Waals surface area contributed by atoms with Gasteiger partial charge in [-0.25, -0.2) is 13.4 Å². The maximum atomic E-state index is 11.9. The number of piperidine rings is 1. The van der Waals surface area contributed by atoms with Crippen molar-refractivity contribution < 1.29 is 8.42 Å². The van der Waals surface area contributed by atoms with Gasteiger partial charge in [0.05, 0.1) is 5.75 Å². The van der Waals surface area contributed by atoms with Crippen molar-refractivity contribution in [2.75, 3.05) is 23.6 Å². The number of rotatable bonds is 4. The summed E-state index contributed by atoms with van der Waals surface area (Å²) in [6.45, 7) is 3.54. The van der Waals surface area contributed by atoms with Crippen molar-refractivity contribution in [2.45, 2.75) is 19.8 Å². The average Bonchev–Trinajstić information content (AvgIpc) is 2.63. The number of aryl methyl sites for hydroxylation is 1. The molecule has 0 spiro atoms. The van der Waals surface area contributed by atoms with Gasteiger partial charge >= 0.3 is 0 Å². The van der Waals surface area contributed by atoms with Gasteiger partial charge in [-0.1, -0.05) is 0 Å². The monoisotopic (exact) mass is 276 g/mol. The molecule has 1 aromatic rings. The molecule has 1 aromatic heterocycles. The Morgan fingerprint density at radius 3 is 2.76 bits per heavy atom. The van der Waals surface area contributed by atoms with Gasteiger partial charge in [0.2, 0.25) is 15.2 Å². The summed E-state index contributed by atoms with van der Waals surface area (Å²) in [5.41, 5.74) is 0. The molecule has 0 radical (unpaired) electrons. The topological polar surface area (TPSA) is 84.0 Å². The number of sulfonamides is 1. The highest BCUT2D eigenvalue weighted by molar-refractivity contribution is 7.92. The Morgan fingerprint density at radius 2 is 2.18 bits per heavy atom. The van der Waals surface area contributed by atoms with E-state index < -0.39 is 10.0 Å². The molecule has 8 heteroatoms. The summed E-state index contributed by atoms with van der Waals surface area (Å²) in [5.74, 6) is 1.00. The minimum atomic E-state index is -3.29. The predicted molar refractivity (Wildman–Crippen MR) is 67.6 cm³/mol. The van der Waals surface area contributed by atoms with E-state index in [1.807, 2.05) is 0 Å². The van der Waals surface area contributed by atoms with E-state index in [2.05, 4.69) is 19.4 Å². The quantitative estimate of drug-likeness (QED) is 0.841. The fraction of sp³-hybridized carbons (Fsp3) is 0.778. The highest BCUT2D eigenvalue weighted by atomic mass is 32.2. The molecule has 0 saturated carbocycles. The van der Waals surface area contributed by atoms with E-state index in [9.17, 15) is 8.42 Å². The number of nitrogens with one attached hydrogen (secondary N) is 2. The molecule has 2 heterocycles. The second-order valence-corrected chi connectivity index (χ2v) is 6.74. The van der Waals surface area contributed by atoms with Crippen LogP contribution in [0.4, 0.5) is 5.13 Å². The van der Waals surface area contributed by atoms with Crippen LogP contribution < -0.4 is 10.0 Å². The Bertz CT molecular complexity index is 465. The second-order valence-electron chi connectivity index (χ2n) is 4.22. The first-order chi connectivity index (χ1) is 8.05. The van der Waals surface area contributed by atoms with Gasteiger partial charge in [0.15, 0.2) is 0 Å². The smallest absolute Gasteiger partial charge is 0.234 e. The molecule has 6 nitrogen and oxygen atoms in total. The van der Waals surface area contributed by atoms with Crippen molar-refractivity contribution in [3.8, 4) is 0 Å². The summed E-state index contributed by atoms with van der Waals surface area (Å²) in [4.78, 5) is 3.99. The predicted octanol–water partition coefficient (Wildman–Crippen LogP) is 0.588. The third-order valence-electron chi connectivity index (χ3n) is 2.68. The molecule has 1 saturated heterocycles. The third-order valence-corrected chi connectivity index (χ3v) is 4.95. The summed E-state index contributed by atoms with van der Waals surface area (Å²) < 4.78 is 30.2. The largest absolute Gasteiger partial charge is 0.317 e. The molecule has 1 aliphatic heterocycles. The van der Waals surface area contributed by atoms with Gasteiger partial charge in [-0.15, -0.1) is 0 Å². The molecule has 0 unspecified atom stereocenters. The normalized spacial score (nSPS) is 18.2. The van der Waals surface area contributed by atoms with Crippen molar-refractivity contribution in [2.24, 2.45) is 5.92 Å². The van der Waals surface area contributed by atoms with Crippen molar-refractivity contribution >= 4 is 26.7 Å². The lowest BCUT2D eigenvalue weighted by Gasteiger charge is -2.22. The van der Waals surface area contributed by atoms with Crippen molar-refractivity contribution in [3.63, 3.8) is 0 Å². The molecule has 1 aliphatic rings. The van der Waals surface area contributed by atoms with Crippen LogP contribution in [0.5, 0.6) is 0 Å². The van der Waals surface area contributed by atoms with Crippen LogP contribution in [0.2, 0.25) is 0 Å². The first-order valence-corrected chi connectivity index (χ1v) is 7.99. The van der Waals surface area contributed by atoms with E-state index >= 15 is 0 Å². The molecule has 2 N–H and O–H groups in total. The zero-order chi connectivity index (χ0) is 12.3. The fourth-order valence-electron chi connectivity index (χ4n) is 1.87. The van der Waals surface area contributed by atoms with Crippen LogP contribution in [0.3, 0.4) is 0 Å². The van der Waals surface area contributed by atoms with Gasteiger partial charge in [-0.3, -0.25) is 4.72 Å². The van der Waals surface area contributed by atoms with Crippen molar-refractivity contribution in [1.82, 2.24) is 14.7 Å². The Hall–Kier alpha value is -0.730. The molecule has 2 rings (SSSR count). The molecule has 0 aliphatic carbocycles. The summed E-state index contributed by atoms with van der Waals surface area (Å²) >= 11 is 1.07. The molecule has 0 amide bonds. The first kappa shape index (κ1) is 12.7. The van der Waals surface area contributed by atoms with Crippen LogP contribution >= 0.6 is 11.5 Å². The number of nitrogens with zero attached hydrogens (tertiary/aromatic N) is 2. The molecule has 1 fully saturated rings. The Labute approximate surface area is 105 Å². The molecule has 17 heavy (non-hydrogen) atoms. The highest BCUT2D eigenvalue weighted by Crippen LogP contribution is 2.17. The lowest BCUT2D eigenvalue weighted by atomic mass is 10.0. The molecular formula is C9H16N4O2S2. The Kier molecular flexibility index (Phi) is 3.95. The maximum absolute atomic E-state index is 11.9. The average molecular weight is 276 g/mol. The fourth-order valence-corrected chi connectivity index (χ4v) is 4.18. The van der Waals surface area contributed by atoms with Gasteiger partial charge in [0, 0.05) is 11.5 Å². The molecule has 0 bridgehead atoms. The van der Waals surface area contributed by atoms with Gasteiger partial charge < -0.3 is 5.32 Å². The van der Waals surface area contributed by atoms with Gasteiger partial charge in [-0.05, 0) is 38.8 Å². The number of anilines is 1. The third kappa shape index (κ3) is 3.90. The second kappa shape index (κ2) is 5.28. The number of hydrogen-bond donors (Lipinski definition) is 2. The van der Waals surface area contributed by atoms with Gasteiger partial charge in [0.25, 0.3) is 0 Å². The zero-order valence-corrected chi connectivity index (χ0v) is 11.3. The Balaban J connectivity index is 1.94. The van der Waals surface area contributed by atoms with E-state index in [-0.39, 0.29) is 11.7 Å². The van der Waals surface area contributed by atoms with E-state index in [1.54, 1.807) is 6.92 Å². The van der Waals surface area contributed by atoms with Gasteiger partial charge in [0.1, 0.15) is 5.82 Å². The minimum Gasteiger partial charge on any atom is -0.317 e. The summed E-state index contributed by atoms with van der Waals surface area (Å²) in [6, 6.07) is 0.